The van der Waals surface area contributed by atoms with Gasteiger partial charge in [-0.3, -0.25) is 9.97 Å². The molecule has 4 nitrogen and oxygen atoms in total. The van der Waals surface area contributed by atoms with E-state index < -0.39 is 0 Å². The van der Waals surface area contributed by atoms with E-state index in [0.717, 1.165) is 51.1 Å². The van der Waals surface area contributed by atoms with Crippen molar-refractivity contribution in [2.45, 2.75) is 77.4 Å². The Morgan fingerprint density at radius 3 is 2.71 bits per heavy atom. The van der Waals surface area contributed by atoms with Crippen LogP contribution < -0.4 is 5.32 Å². The van der Waals surface area contributed by atoms with Gasteiger partial charge in [0.15, 0.2) is 0 Å². The van der Waals surface area contributed by atoms with Gasteiger partial charge in [-0.2, -0.15) is 0 Å². The largest absolute Gasteiger partial charge is 0.375 e. The topological polar surface area (TPSA) is 47.0 Å². The maximum Gasteiger partial charge on any atom is 0.0686 e. The molecule has 1 fully saturated rings. The lowest BCUT2D eigenvalue weighted by Crippen LogP contribution is -2.30. The van der Waals surface area contributed by atoms with Crippen LogP contribution in [-0.4, -0.2) is 28.7 Å². The molecule has 0 spiro atoms. The van der Waals surface area contributed by atoms with Crippen molar-refractivity contribution in [3.63, 3.8) is 0 Å². The lowest BCUT2D eigenvalue weighted by atomic mass is 9.94. The lowest BCUT2D eigenvalue weighted by Gasteiger charge is -2.29. The third-order valence-electron chi connectivity index (χ3n) is 5.96. The van der Waals surface area contributed by atoms with Crippen molar-refractivity contribution >= 4 is 0 Å². The zero-order valence-electron chi connectivity index (χ0n) is 17.5. The number of nitrogens with one attached hydrogen (secondary N) is 1. The number of aromatic nitrogens is 2. The van der Waals surface area contributed by atoms with Crippen LogP contribution in [0.2, 0.25) is 0 Å². The van der Waals surface area contributed by atoms with Crippen molar-refractivity contribution in [2.24, 2.45) is 0 Å². The van der Waals surface area contributed by atoms with Crippen molar-refractivity contribution in [3.8, 4) is 0 Å². The summed E-state index contributed by atoms with van der Waals surface area (Å²) in [6.45, 7) is 6.96. The summed E-state index contributed by atoms with van der Waals surface area (Å²) in [5.41, 5.74) is 4.92. The fourth-order valence-electron chi connectivity index (χ4n) is 4.06. The van der Waals surface area contributed by atoms with Crippen LogP contribution >= 0.6 is 0 Å². The molecule has 3 rings (SSSR count). The molecule has 2 heterocycles. The minimum Gasteiger partial charge on any atom is -0.375 e. The minimum atomic E-state index is 0.0933. The molecular weight excluding hydrogens is 346 g/mol. The number of ether oxygens (including phenoxy) is 1. The first kappa shape index (κ1) is 20.9. The Morgan fingerprint density at radius 2 is 1.96 bits per heavy atom. The maximum absolute atomic E-state index is 6.44. The SMILES string of the molecule is Cc1cc(CNCCCCOC2(CCc3ccccn3)CCCC2)cnc1C. The van der Waals surface area contributed by atoms with Crippen LogP contribution in [0.5, 0.6) is 0 Å². The second kappa shape index (κ2) is 10.7. The molecule has 0 atom stereocenters. The summed E-state index contributed by atoms with van der Waals surface area (Å²) in [6.07, 6.45) is 13.3. The third kappa shape index (κ3) is 6.39. The monoisotopic (exact) mass is 381 g/mol. The Hall–Kier alpha value is -1.78. The van der Waals surface area contributed by atoms with E-state index in [1.165, 1.54) is 42.5 Å². The van der Waals surface area contributed by atoms with Crippen molar-refractivity contribution in [1.82, 2.24) is 15.3 Å². The Morgan fingerprint density at radius 1 is 1.11 bits per heavy atom. The molecule has 0 amide bonds. The zero-order chi connectivity index (χ0) is 19.7. The van der Waals surface area contributed by atoms with Gasteiger partial charge in [-0.15, -0.1) is 0 Å². The first-order valence-corrected chi connectivity index (χ1v) is 10.8. The fraction of sp³-hybridized carbons (Fsp3) is 0.583. The second-order valence-corrected chi connectivity index (χ2v) is 8.19. The van der Waals surface area contributed by atoms with Crippen LogP contribution in [0, 0.1) is 13.8 Å². The molecule has 152 valence electrons. The first-order valence-electron chi connectivity index (χ1n) is 10.8. The predicted octanol–water partition coefficient (Wildman–Crippen LogP) is 4.93. The van der Waals surface area contributed by atoms with E-state index >= 15 is 0 Å². The molecule has 0 radical (unpaired) electrons. The molecule has 1 aliphatic carbocycles. The van der Waals surface area contributed by atoms with Gasteiger partial charge in [0.25, 0.3) is 0 Å². The van der Waals surface area contributed by atoms with Gasteiger partial charge >= 0.3 is 0 Å². The van der Waals surface area contributed by atoms with E-state index in [1.54, 1.807) is 0 Å². The van der Waals surface area contributed by atoms with Gasteiger partial charge in [0.2, 0.25) is 0 Å². The highest BCUT2D eigenvalue weighted by Crippen LogP contribution is 2.37. The Balaban J connectivity index is 1.32. The molecule has 0 unspecified atom stereocenters. The second-order valence-electron chi connectivity index (χ2n) is 8.19. The normalized spacial score (nSPS) is 15.8. The number of hydrogen-bond acceptors (Lipinski definition) is 4. The van der Waals surface area contributed by atoms with E-state index in [-0.39, 0.29) is 5.60 Å². The highest BCUT2D eigenvalue weighted by atomic mass is 16.5. The molecule has 4 heteroatoms. The molecule has 1 saturated carbocycles. The number of aryl methyl sites for hydroxylation is 3. The van der Waals surface area contributed by atoms with Gasteiger partial charge in [0.1, 0.15) is 0 Å². The average Bonchev–Trinajstić information content (AvgIpc) is 3.18. The Bertz CT molecular complexity index is 711. The molecule has 2 aromatic heterocycles. The van der Waals surface area contributed by atoms with Crippen molar-refractivity contribution in [2.75, 3.05) is 13.2 Å². The summed E-state index contributed by atoms with van der Waals surface area (Å²) in [7, 11) is 0. The van der Waals surface area contributed by atoms with Crippen LogP contribution in [-0.2, 0) is 17.7 Å². The number of pyridine rings is 2. The minimum absolute atomic E-state index is 0.0933. The van der Waals surface area contributed by atoms with Crippen molar-refractivity contribution in [1.29, 1.82) is 0 Å². The molecule has 0 aromatic carbocycles. The van der Waals surface area contributed by atoms with Crippen molar-refractivity contribution < 1.29 is 4.74 Å². The molecule has 2 aromatic rings. The van der Waals surface area contributed by atoms with Crippen LogP contribution in [0.15, 0.2) is 36.7 Å². The standard InChI is InChI=1S/C24H35N3O/c1-20-17-22(19-27-21(20)2)18-25-14-7-8-16-28-24(11-4-5-12-24)13-10-23-9-3-6-15-26-23/h3,6,9,15,17,19,25H,4-5,7-8,10-14,16,18H2,1-2H3. The van der Waals surface area contributed by atoms with Crippen molar-refractivity contribution in [3.05, 3.63) is 59.2 Å². The molecular formula is C24H35N3O. The zero-order valence-corrected chi connectivity index (χ0v) is 17.5. The van der Waals surface area contributed by atoms with E-state index in [1.807, 2.05) is 18.5 Å². The number of hydrogen-bond donors (Lipinski definition) is 1. The maximum atomic E-state index is 6.44. The molecule has 1 N–H and O–H groups in total. The van der Waals surface area contributed by atoms with Gasteiger partial charge in [-0.05, 0) is 82.2 Å². The van der Waals surface area contributed by atoms with Gasteiger partial charge in [0.05, 0.1) is 5.60 Å². The summed E-state index contributed by atoms with van der Waals surface area (Å²) >= 11 is 0. The number of unbranched alkanes of at least 4 members (excludes halogenated alkanes) is 1. The van der Waals surface area contributed by atoms with Crippen LogP contribution in [0.1, 0.15) is 67.5 Å². The summed E-state index contributed by atoms with van der Waals surface area (Å²) < 4.78 is 6.44. The number of rotatable bonds is 11. The summed E-state index contributed by atoms with van der Waals surface area (Å²) in [5.74, 6) is 0. The highest BCUT2D eigenvalue weighted by molar-refractivity contribution is 5.22. The van der Waals surface area contributed by atoms with Crippen LogP contribution in [0.25, 0.3) is 0 Å². The van der Waals surface area contributed by atoms with Crippen LogP contribution in [0.4, 0.5) is 0 Å². The lowest BCUT2D eigenvalue weighted by molar-refractivity contribution is -0.0478. The molecule has 0 aliphatic heterocycles. The number of nitrogens with zero attached hydrogens (tertiary/aromatic N) is 2. The van der Waals surface area contributed by atoms with E-state index in [4.69, 9.17) is 4.74 Å². The van der Waals surface area contributed by atoms with E-state index in [2.05, 4.69) is 47.3 Å². The summed E-state index contributed by atoms with van der Waals surface area (Å²) in [6, 6.07) is 8.41. The van der Waals surface area contributed by atoms with Gasteiger partial charge in [-0.25, -0.2) is 0 Å². The van der Waals surface area contributed by atoms with Crippen LogP contribution in [0.3, 0.4) is 0 Å². The molecule has 0 bridgehead atoms. The Labute approximate surface area is 170 Å². The van der Waals surface area contributed by atoms with E-state index in [0.29, 0.717) is 0 Å². The Kier molecular flexibility index (Phi) is 7.99. The smallest absolute Gasteiger partial charge is 0.0686 e. The van der Waals surface area contributed by atoms with Gasteiger partial charge < -0.3 is 10.1 Å². The molecule has 0 saturated heterocycles. The third-order valence-corrected chi connectivity index (χ3v) is 5.96. The summed E-state index contributed by atoms with van der Waals surface area (Å²) in [5, 5.41) is 3.53. The van der Waals surface area contributed by atoms with E-state index in [9.17, 15) is 0 Å². The van der Waals surface area contributed by atoms with Gasteiger partial charge in [-0.1, -0.05) is 25.0 Å². The fourth-order valence-corrected chi connectivity index (χ4v) is 4.06. The predicted molar refractivity (Wildman–Crippen MR) is 114 cm³/mol. The quantitative estimate of drug-likeness (QED) is 0.561. The molecule has 28 heavy (non-hydrogen) atoms. The highest BCUT2D eigenvalue weighted by Gasteiger charge is 2.34. The van der Waals surface area contributed by atoms with Gasteiger partial charge in [0, 0.05) is 36.9 Å². The average molecular weight is 382 g/mol. The summed E-state index contributed by atoms with van der Waals surface area (Å²) in [4.78, 5) is 8.90. The first-order chi connectivity index (χ1) is 13.7. The molecule has 1 aliphatic rings.